The van der Waals surface area contributed by atoms with Gasteiger partial charge in [-0.15, -0.1) is 11.3 Å². The molecule has 7 heteroatoms. The van der Waals surface area contributed by atoms with Crippen molar-refractivity contribution in [3.05, 3.63) is 21.3 Å². The van der Waals surface area contributed by atoms with Crippen LogP contribution in [-0.2, 0) is 16.0 Å². The summed E-state index contributed by atoms with van der Waals surface area (Å²) in [7, 11) is 0. The van der Waals surface area contributed by atoms with Gasteiger partial charge in [-0.3, -0.25) is 4.79 Å². The quantitative estimate of drug-likeness (QED) is 0.841. The Balaban J connectivity index is 1.78. The summed E-state index contributed by atoms with van der Waals surface area (Å²) in [6.07, 6.45) is 2.32. The van der Waals surface area contributed by atoms with Crippen LogP contribution in [0.15, 0.2) is 12.1 Å². The van der Waals surface area contributed by atoms with Gasteiger partial charge in [0, 0.05) is 29.9 Å². The van der Waals surface area contributed by atoms with E-state index in [1.54, 1.807) is 0 Å². The number of halogens is 1. The number of ether oxygens (including phenoxy) is 1. The van der Waals surface area contributed by atoms with Gasteiger partial charge in [0.05, 0.1) is 4.34 Å². The summed E-state index contributed by atoms with van der Waals surface area (Å²) in [5, 5.41) is 2.91. The molecule has 1 aliphatic heterocycles. The molecule has 1 saturated heterocycles. The molecule has 0 bridgehead atoms. The van der Waals surface area contributed by atoms with E-state index < -0.39 is 5.60 Å². The van der Waals surface area contributed by atoms with Gasteiger partial charge in [-0.05, 0) is 59.1 Å². The van der Waals surface area contributed by atoms with Gasteiger partial charge in [-0.25, -0.2) is 4.79 Å². The van der Waals surface area contributed by atoms with Crippen LogP contribution < -0.4 is 5.32 Å². The third-order valence-electron chi connectivity index (χ3n) is 4.13. The van der Waals surface area contributed by atoms with Crippen molar-refractivity contribution in [1.82, 2.24) is 10.2 Å². The highest BCUT2D eigenvalue weighted by Crippen LogP contribution is 2.24. The van der Waals surface area contributed by atoms with E-state index in [-0.39, 0.29) is 24.1 Å². The molecule has 0 aromatic carbocycles. The van der Waals surface area contributed by atoms with Gasteiger partial charge in [0.2, 0.25) is 5.91 Å². The van der Waals surface area contributed by atoms with Crippen molar-refractivity contribution in [3.8, 4) is 0 Å². The predicted octanol–water partition coefficient (Wildman–Crippen LogP) is 4.24. The molecular formula is C18H27ClN2O3S. The lowest BCUT2D eigenvalue weighted by atomic mass is 9.98. The molecule has 2 rings (SSSR count). The highest BCUT2D eigenvalue weighted by Gasteiger charge is 2.30. The first-order valence-electron chi connectivity index (χ1n) is 8.67. The summed E-state index contributed by atoms with van der Waals surface area (Å²) in [4.78, 5) is 27.4. The highest BCUT2D eigenvalue weighted by atomic mass is 35.5. The zero-order valence-electron chi connectivity index (χ0n) is 15.3. The zero-order chi connectivity index (χ0) is 18.6. The summed E-state index contributed by atoms with van der Waals surface area (Å²) < 4.78 is 6.05. The fourth-order valence-corrected chi connectivity index (χ4v) is 4.09. The molecule has 1 aromatic rings. The Hall–Kier alpha value is -1.27. The van der Waals surface area contributed by atoms with Crippen molar-refractivity contribution < 1.29 is 14.3 Å². The number of hydrogen-bond donors (Lipinski definition) is 1. The van der Waals surface area contributed by atoms with E-state index >= 15 is 0 Å². The lowest BCUT2D eigenvalue weighted by Crippen LogP contribution is -2.51. The molecule has 25 heavy (non-hydrogen) atoms. The summed E-state index contributed by atoms with van der Waals surface area (Å²) in [5.74, 6) is 0.160. The van der Waals surface area contributed by atoms with Crippen LogP contribution in [0, 0.1) is 0 Å². The first-order valence-corrected chi connectivity index (χ1v) is 9.86. The van der Waals surface area contributed by atoms with Gasteiger partial charge in [-0.1, -0.05) is 11.6 Å². The van der Waals surface area contributed by atoms with Crippen molar-refractivity contribution in [2.75, 3.05) is 6.54 Å². The van der Waals surface area contributed by atoms with Gasteiger partial charge < -0.3 is 15.0 Å². The van der Waals surface area contributed by atoms with E-state index in [2.05, 4.69) is 5.32 Å². The minimum atomic E-state index is -0.503. The maximum Gasteiger partial charge on any atom is 0.407 e. The predicted molar refractivity (Wildman–Crippen MR) is 101 cm³/mol. The third-order valence-corrected chi connectivity index (χ3v) is 5.42. The number of amides is 2. The van der Waals surface area contributed by atoms with Gasteiger partial charge in [0.15, 0.2) is 0 Å². The number of hydrogen-bond acceptors (Lipinski definition) is 4. The Kier molecular flexibility index (Phi) is 6.74. The van der Waals surface area contributed by atoms with Crippen LogP contribution in [0.1, 0.15) is 51.8 Å². The molecule has 1 fully saturated rings. The number of likely N-dealkylation sites (tertiary alicyclic amines) is 1. The number of nitrogens with one attached hydrogen (secondary N) is 1. The number of piperidine rings is 1. The Morgan fingerprint density at radius 2 is 2.12 bits per heavy atom. The molecule has 2 atom stereocenters. The highest BCUT2D eigenvalue weighted by molar-refractivity contribution is 7.16. The van der Waals surface area contributed by atoms with Crippen molar-refractivity contribution in [2.24, 2.45) is 0 Å². The second kappa shape index (κ2) is 8.41. The molecule has 0 saturated carbocycles. The molecule has 140 valence electrons. The molecule has 1 N–H and O–H groups in total. The third kappa shape index (κ3) is 6.51. The van der Waals surface area contributed by atoms with Gasteiger partial charge in [0.25, 0.3) is 0 Å². The number of carbonyl (C=O) groups is 2. The average molecular weight is 387 g/mol. The number of carbonyl (C=O) groups excluding carboxylic acids is 2. The molecule has 2 amide bonds. The van der Waals surface area contributed by atoms with Crippen molar-refractivity contribution >= 4 is 34.9 Å². The molecule has 1 aromatic heterocycles. The number of alkyl carbamates (subject to hydrolysis) is 1. The molecule has 5 nitrogen and oxygen atoms in total. The van der Waals surface area contributed by atoms with E-state index in [0.717, 1.165) is 28.5 Å². The van der Waals surface area contributed by atoms with Crippen LogP contribution in [0.3, 0.4) is 0 Å². The minimum Gasteiger partial charge on any atom is -0.444 e. The number of thiophene rings is 1. The lowest BCUT2D eigenvalue weighted by molar-refractivity contribution is -0.134. The van der Waals surface area contributed by atoms with Crippen molar-refractivity contribution in [1.29, 1.82) is 0 Å². The largest absolute Gasteiger partial charge is 0.444 e. The van der Waals surface area contributed by atoms with Gasteiger partial charge >= 0.3 is 6.09 Å². The number of nitrogens with zero attached hydrogens (tertiary/aromatic N) is 1. The van der Waals surface area contributed by atoms with E-state index in [4.69, 9.17) is 16.3 Å². The van der Waals surface area contributed by atoms with E-state index in [0.29, 0.717) is 13.0 Å². The van der Waals surface area contributed by atoms with Crippen LogP contribution in [0.4, 0.5) is 4.79 Å². The lowest BCUT2D eigenvalue weighted by Gasteiger charge is -2.38. The summed E-state index contributed by atoms with van der Waals surface area (Å²) in [5.41, 5.74) is -0.503. The van der Waals surface area contributed by atoms with E-state index in [1.165, 1.54) is 11.3 Å². The smallest absolute Gasteiger partial charge is 0.407 e. The maximum absolute atomic E-state index is 12.5. The minimum absolute atomic E-state index is 0.0463. The fraction of sp³-hybridized carbons (Fsp3) is 0.667. The van der Waals surface area contributed by atoms with Crippen LogP contribution in [0.25, 0.3) is 0 Å². The molecule has 1 aliphatic rings. The molecule has 2 heterocycles. The van der Waals surface area contributed by atoms with Crippen molar-refractivity contribution in [3.63, 3.8) is 0 Å². The normalized spacial score (nSPS) is 21.1. The molecular weight excluding hydrogens is 360 g/mol. The number of rotatable bonds is 4. The SMILES string of the molecule is C[C@H]1C[C@H](NC(=O)OC(C)(C)C)CCN1C(=O)CCc1ccc(Cl)s1. The van der Waals surface area contributed by atoms with Gasteiger partial charge in [-0.2, -0.15) is 0 Å². The zero-order valence-corrected chi connectivity index (χ0v) is 16.9. The van der Waals surface area contributed by atoms with Crippen LogP contribution >= 0.6 is 22.9 Å². The second-order valence-corrected chi connectivity index (χ2v) is 9.31. The number of aryl methyl sites for hydroxylation is 1. The Labute approximate surface area is 158 Å². The molecule has 0 aliphatic carbocycles. The second-order valence-electron chi connectivity index (χ2n) is 7.51. The van der Waals surface area contributed by atoms with E-state index in [1.807, 2.05) is 44.7 Å². The van der Waals surface area contributed by atoms with Crippen LogP contribution in [0.2, 0.25) is 4.34 Å². The first-order chi connectivity index (χ1) is 11.6. The Morgan fingerprint density at radius 1 is 1.40 bits per heavy atom. The standard InChI is InChI=1S/C18H27ClN2O3S/c1-12-11-13(20-17(23)24-18(2,3)4)9-10-21(12)16(22)8-6-14-5-7-15(19)25-14/h5,7,12-13H,6,8-11H2,1-4H3,(H,20,23)/t12-,13+/m0/s1. The summed E-state index contributed by atoms with van der Waals surface area (Å²) >= 11 is 7.45. The molecule has 0 unspecified atom stereocenters. The van der Waals surface area contributed by atoms with Crippen LogP contribution in [-0.4, -0.2) is 41.1 Å². The molecule has 0 radical (unpaired) electrons. The molecule has 0 spiro atoms. The van der Waals surface area contributed by atoms with Crippen molar-refractivity contribution in [2.45, 2.75) is 71.1 Å². The monoisotopic (exact) mass is 386 g/mol. The average Bonchev–Trinajstić information content (AvgIpc) is 2.88. The Bertz CT molecular complexity index is 612. The topological polar surface area (TPSA) is 58.6 Å². The summed E-state index contributed by atoms with van der Waals surface area (Å²) in [6, 6.07) is 3.99. The fourth-order valence-electron chi connectivity index (χ4n) is 3.01. The Morgan fingerprint density at radius 3 is 2.68 bits per heavy atom. The first kappa shape index (κ1) is 20.0. The summed E-state index contributed by atoms with van der Waals surface area (Å²) in [6.45, 7) is 8.22. The maximum atomic E-state index is 12.5. The van der Waals surface area contributed by atoms with Crippen LogP contribution in [0.5, 0.6) is 0 Å². The van der Waals surface area contributed by atoms with Gasteiger partial charge in [0.1, 0.15) is 5.60 Å². The van der Waals surface area contributed by atoms with E-state index in [9.17, 15) is 9.59 Å².